The van der Waals surface area contributed by atoms with E-state index in [1.165, 1.54) is 0 Å². The van der Waals surface area contributed by atoms with Crippen LogP contribution in [0.1, 0.15) is 68.2 Å². The van der Waals surface area contributed by atoms with Crippen molar-refractivity contribution in [3.8, 4) is 0 Å². The predicted octanol–water partition coefficient (Wildman–Crippen LogP) is 5.07. The first-order chi connectivity index (χ1) is 13.8. The maximum absolute atomic E-state index is 12.6. The van der Waals surface area contributed by atoms with Gasteiger partial charge in [0.25, 0.3) is 8.32 Å². The average Bonchev–Trinajstić information content (AvgIpc) is 2.71. The highest BCUT2D eigenvalue weighted by molar-refractivity contribution is 6.74. The van der Waals surface area contributed by atoms with Crippen LogP contribution in [0.15, 0.2) is 0 Å². The SMILES string of the molecule is CCO[Si](CCCN(CC)CC(=O)O[Si](CC)(CC)CC)(OCC)OC(C)CC. The van der Waals surface area contributed by atoms with E-state index in [-0.39, 0.29) is 12.1 Å². The molecule has 0 aliphatic heterocycles. The van der Waals surface area contributed by atoms with E-state index in [4.69, 9.17) is 17.7 Å². The highest BCUT2D eigenvalue weighted by atomic mass is 28.4. The smallest absolute Gasteiger partial charge is 0.501 e. The second kappa shape index (κ2) is 15.5. The first-order valence-electron chi connectivity index (χ1n) is 11.7. The monoisotopic (exact) mass is 449 g/mol. The van der Waals surface area contributed by atoms with Crippen molar-refractivity contribution in [2.75, 3.05) is 32.8 Å². The van der Waals surface area contributed by atoms with E-state index in [2.05, 4.69) is 46.4 Å². The topological polar surface area (TPSA) is 57.2 Å². The first kappa shape index (κ1) is 28.7. The van der Waals surface area contributed by atoms with Gasteiger partial charge in [0.05, 0.1) is 6.54 Å². The molecule has 0 rings (SSSR count). The molecule has 0 saturated heterocycles. The summed E-state index contributed by atoms with van der Waals surface area (Å²) in [5.41, 5.74) is 0. The maximum Gasteiger partial charge on any atom is 0.501 e. The van der Waals surface area contributed by atoms with E-state index in [1.54, 1.807) is 0 Å². The minimum Gasteiger partial charge on any atom is -0.518 e. The van der Waals surface area contributed by atoms with E-state index in [9.17, 15) is 4.79 Å². The number of nitrogens with zero attached hydrogens (tertiary/aromatic N) is 1. The number of likely N-dealkylation sites (N-methyl/N-ethyl adjacent to an activating group) is 1. The van der Waals surface area contributed by atoms with Crippen molar-refractivity contribution in [2.45, 2.75) is 98.5 Å². The van der Waals surface area contributed by atoms with Crippen molar-refractivity contribution in [1.82, 2.24) is 4.90 Å². The predicted molar refractivity (Wildman–Crippen MR) is 125 cm³/mol. The fraction of sp³-hybridized carbons (Fsp3) is 0.952. The van der Waals surface area contributed by atoms with E-state index in [1.807, 2.05) is 13.8 Å². The maximum atomic E-state index is 12.6. The standard InChI is InChI=1S/C21H47NO5Si2/c1-9-20(8)26-29(24-11-3,25-12-4)18-16-17-22(10-2)19-21(23)27-28(13-5,14-6)15-7/h20H,9-19H2,1-8H3. The molecular weight excluding hydrogens is 402 g/mol. The molecule has 0 aliphatic carbocycles. The Morgan fingerprint density at radius 2 is 1.48 bits per heavy atom. The Kier molecular flexibility index (Phi) is 15.4. The van der Waals surface area contributed by atoms with Gasteiger partial charge in [-0.3, -0.25) is 9.69 Å². The van der Waals surface area contributed by atoms with Crippen molar-refractivity contribution < 1.29 is 22.5 Å². The Bertz CT molecular complexity index is 421. The van der Waals surface area contributed by atoms with Gasteiger partial charge >= 0.3 is 14.8 Å². The van der Waals surface area contributed by atoms with Crippen LogP contribution < -0.4 is 0 Å². The van der Waals surface area contributed by atoms with E-state index >= 15 is 0 Å². The van der Waals surface area contributed by atoms with Crippen LogP contribution in [0, 0.1) is 0 Å². The fourth-order valence-electron chi connectivity index (χ4n) is 3.43. The van der Waals surface area contributed by atoms with Gasteiger partial charge in [-0.2, -0.15) is 0 Å². The van der Waals surface area contributed by atoms with Gasteiger partial charge in [-0.1, -0.05) is 34.6 Å². The molecule has 1 unspecified atom stereocenters. The molecule has 0 spiro atoms. The minimum absolute atomic E-state index is 0.0713. The molecule has 29 heavy (non-hydrogen) atoms. The summed E-state index contributed by atoms with van der Waals surface area (Å²) in [4.78, 5) is 14.7. The molecule has 0 aliphatic rings. The molecule has 0 bridgehead atoms. The molecule has 174 valence electrons. The van der Waals surface area contributed by atoms with E-state index in [0.29, 0.717) is 19.8 Å². The normalized spacial score (nSPS) is 13.7. The van der Waals surface area contributed by atoms with Crippen LogP contribution in [0.4, 0.5) is 0 Å². The van der Waals surface area contributed by atoms with Crippen molar-refractivity contribution >= 4 is 23.1 Å². The van der Waals surface area contributed by atoms with E-state index in [0.717, 1.165) is 50.1 Å². The molecule has 6 nitrogen and oxygen atoms in total. The number of carbonyl (C=O) groups is 1. The third kappa shape index (κ3) is 10.6. The summed E-state index contributed by atoms with van der Waals surface area (Å²) in [5.74, 6) is -0.0713. The lowest BCUT2D eigenvalue weighted by atomic mass is 10.3. The van der Waals surface area contributed by atoms with Crippen LogP contribution in [-0.2, 0) is 22.5 Å². The third-order valence-corrected chi connectivity index (χ3v) is 13.4. The van der Waals surface area contributed by atoms with Crippen LogP contribution in [0.2, 0.25) is 24.2 Å². The lowest BCUT2D eigenvalue weighted by molar-refractivity contribution is -0.136. The van der Waals surface area contributed by atoms with Crippen molar-refractivity contribution in [3.05, 3.63) is 0 Å². The van der Waals surface area contributed by atoms with Crippen LogP contribution in [0.5, 0.6) is 0 Å². The van der Waals surface area contributed by atoms with Crippen LogP contribution in [0.25, 0.3) is 0 Å². The zero-order valence-electron chi connectivity index (χ0n) is 20.3. The summed E-state index contributed by atoms with van der Waals surface area (Å²) in [6.45, 7) is 19.8. The molecule has 0 saturated carbocycles. The molecule has 0 fully saturated rings. The lowest BCUT2D eigenvalue weighted by Gasteiger charge is -2.32. The molecule has 0 heterocycles. The zero-order valence-corrected chi connectivity index (χ0v) is 22.3. The van der Waals surface area contributed by atoms with Gasteiger partial charge in [0.1, 0.15) is 0 Å². The summed E-state index contributed by atoms with van der Waals surface area (Å²) in [6, 6.07) is 3.73. The summed E-state index contributed by atoms with van der Waals surface area (Å²) < 4.78 is 24.3. The number of hydrogen-bond acceptors (Lipinski definition) is 6. The molecule has 0 N–H and O–H groups in total. The molecule has 0 aromatic carbocycles. The zero-order chi connectivity index (χ0) is 22.3. The van der Waals surface area contributed by atoms with Gasteiger partial charge in [0.15, 0.2) is 0 Å². The number of carbonyl (C=O) groups excluding carboxylic acids is 1. The second-order valence-corrected chi connectivity index (χ2v) is 14.9. The minimum atomic E-state index is -2.69. The van der Waals surface area contributed by atoms with Gasteiger partial charge in [-0.15, -0.1) is 0 Å². The molecule has 0 amide bonds. The first-order valence-corrected chi connectivity index (χ1v) is 16.2. The number of rotatable bonds is 18. The summed E-state index contributed by atoms with van der Waals surface area (Å²) in [6.07, 6.45) is 1.92. The Balaban J connectivity index is 4.84. The summed E-state index contributed by atoms with van der Waals surface area (Å²) in [5, 5.41) is 0. The van der Waals surface area contributed by atoms with Crippen molar-refractivity contribution in [2.24, 2.45) is 0 Å². The highest BCUT2D eigenvalue weighted by Gasteiger charge is 2.41. The fourth-order valence-corrected chi connectivity index (χ4v) is 8.79. The van der Waals surface area contributed by atoms with Crippen LogP contribution in [0.3, 0.4) is 0 Å². The van der Waals surface area contributed by atoms with E-state index < -0.39 is 17.1 Å². The third-order valence-electron chi connectivity index (χ3n) is 5.70. The van der Waals surface area contributed by atoms with Gasteiger partial charge in [0, 0.05) is 25.4 Å². The number of hydrogen-bond donors (Lipinski definition) is 0. The van der Waals surface area contributed by atoms with Gasteiger partial charge < -0.3 is 17.7 Å². The molecule has 0 aromatic heterocycles. The second-order valence-electron chi connectivity index (χ2n) is 7.58. The average molecular weight is 450 g/mol. The molecule has 8 heteroatoms. The highest BCUT2D eigenvalue weighted by Crippen LogP contribution is 2.23. The quantitative estimate of drug-likeness (QED) is 0.272. The molecule has 0 aromatic rings. The summed E-state index contributed by atoms with van der Waals surface area (Å²) >= 11 is 0. The van der Waals surface area contributed by atoms with Gasteiger partial charge in [-0.05, 0) is 64.8 Å². The summed E-state index contributed by atoms with van der Waals surface area (Å²) in [7, 11) is -4.59. The Morgan fingerprint density at radius 1 is 0.931 bits per heavy atom. The largest absolute Gasteiger partial charge is 0.518 e. The molecular formula is C21H47NO5Si2. The Labute approximate surface area is 182 Å². The van der Waals surface area contributed by atoms with Gasteiger partial charge in [-0.25, -0.2) is 0 Å². The molecule has 1 atom stereocenters. The van der Waals surface area contributed by atoms with Crippen molar-refractivity contribution in [3.63, 3.8) is 0 Å². The Hall–Kier alpha value is -0.256. The van der Waals surface area contributed by atoms with Gasteiger partial charge in [0.2, 0.25) is 0 Å². The molecule has 0 radical (unpaired) electrons. The Morgan fingerprint density at radius 3 is 1.90 bits per heavy atom. The van der Waals surface area contributed by atoms with Crippen LogP contribution in [-0.4, -0.2) is 66.9 Å². The lowest BCUT2D eigenvalue weighted by Crippen LogP contribution is -2.48. The van der Waals surface area contributed by atoms with Crippen LogP contribution >= 0.6 is 0 Å². The van der Waals surface area contributed by atoms with Crippen molar-refractivity contribution in [1.29, 1.82) is 0 Å².